The summed E-state index contributed by atoms with van der Waals surface area (Å²) < 4.78 is 7.95. The normalized spacial score (nSPS) is 11.3. The highest BCUT2D eigenvalue weighted by Crippen LogP contribution is 2.35. The summed E-state index contributed by atoms with van der Waals surface area (Å²) in [5, 5.41) is 2.43. The first-order valence-electron chi connectivity index (χ1n) is 9.71. The highest BCUT2D eigenvalue weighted by atomic mass is 79.9. The number of fused-ring (bicyclic) bond motifs is 1. The molecular weight excluding hydrogens is 502 g/mol. The van der Waals surface area contributed by atoms with Gasteiger partial charge in [-0.15, -0.1) is 0 Å². The summed E-state index contributed by atoms with van der Waals surface area (Å²) in [5.41, 5.74) is 5.61. The second kappa shape index (κ2) is 9.15. The molecule has 0 N–H and O–H groups in total. The molecule has 0 bridgehead atoms. The topological polar surface area (TPSA) is 21.6 Å². The van der Waals surface area contributed by atoms with Gasteiger partial charge in [0.1, 0.15) is 12.4 Å². The van der Waals surface area contributed by atoms with Crippen molar-refractivity contribution in [2.45, 2.75) is 20.5 Å². The number of aryl methyl sites for hydroxylation is 2. The van der Waals surface area contributed by atoms with Crippen molar-refractivity contribution in [2.24, 2.45) is 4.99 Å². The standard InChI is InChI=1S/C26H21Br2NO/c1-17-10-11-22(12-18(17)2)29-15-19-13-24(27)26(25(28)14-19)30-16-21-8-5-7-20-6-3-4-9-23(20)21/h3-15H,16H2,1-2H3. The third-order valence-electron chi connectivity index (χ3n) is 5.13. The highest BCUT2D eigenvalue weighted by Gasteiger charge is 2.10. The Bertz CT molecular complexity index is 1220. The zero-order valence-electron chi connectivity index (χ0n) is 16.8. The minimum Gasteiger partial charge on any atom is -0.487 e. The molecule has 0 atom stereocenters. The van der Waals surface area contributed by atoms with E-state index in [9.17, 15) is 0 Å². The number of hydrogen-bond donors (Lipinski definition) is 0. The van der Waals surface area contributed by atoms with Gasteiger partial charge in [0.25, 0.3) is 0 Å². The van der Waals surface area contributed by atoms with Crippen LogP contribution >= 0.6 is 31.9 Å². The van der Waals surface area contributed by atoms with Gasteiger partial charge in [0.2, 0.25) is 0 Å². The fourth-order valence-electron chi connectivity index (χ4n) is 3.32. The van der Waals surface area contributed by atoms with Crippen molar-refractivity contribution in [3.63, 3.8) is 0 Å². The Kier molecular flexibility index (Phi) is 6.35. The zero-order chi connectivity index (χ0) is 21.1. The zero-order valence-corrected chi connectivity index (χ0v) is 20.0. The summed E-state index contributed by atoms with van der Waals surface area (Å²) in [6, 6.07) is 24.9. The minimum atomic E-state index is 0.495. The van der Waals surface area contributed by atoms with Gasteiger partial charge in [-0.2, -0.15) is 0 Å². The second-order valence-corrected chi connectivity index (χ2v) is 8.98. The molecule has 2 nitrogen and oxygen atoms in total. The van der Waals surface area contributed by atoms with Crippen LogP contribution in [0.25, 0.3) is 10.8 Å². The molecule has 0 amide bonds. The summed E-state index contributed by atoms with van der Waals surface area (Å²) in [7, 11) is 0. The first kappa shape index (κ1) is 20.8. The smallest absolute Gasteiger partial charge is 0.148 e. The van der Waals surface area contributed by atoms with Gasteiger partial charge >= 0.3 is 0 Å². The van der Waals surface area contributed by atoms with Crippen LogP contribution in [-0.2, 0) is 6.61 Å². The SMILES string of the molecule is Cc1ccc(N=Cc2cc(Br)c(OCc3cccc4ccccc34)c(Br)c2)cc1C. The summed E-state index contributed by atoms with van der Waals surface area (Å²) in [5.74, 6) is 0.784. The van der Waals surface area contributed by atoms with Crippen LogP contribution in [0, 0.1) is 13.8 Å². The van der Waals surface area contributed by atoms with E-state index in [2.05, 4.69) is 105 Å². The lowest BCUT2D eigenvalue weighted by molar-refractivity contribution is 0.303. The molecule has 0 aliphatic rings. The lowest BCUT2D eigenvalue weighted by Gasteiger charge is -2.13. The van der Waals surface area contributed by atoms with Crippen molar-refractivity contribution in [1.29, 1.82) is 0 Å². The number of ether oxygens (including phenoxy) is 1. The fourth-order valence-corrected chi connectivity index (χ4v) is 4.77. The molecule has 4 aromatic carbocycles. The second-order valence-electron chi connectivity index (χ2n) is 7.27. The molecule has 4 heteroatoms. The van der Waals surface area contributed by atoms with Gasteiger partial charge in [-0.25, -0.2) is 0 Å². The van der Waals surface area contributed by atoms with Gasteiger partial charge in [-0.3, -0.25) is 4.99 Å². The molecule has 0 unspecified atom stereocenters. The summed E-state index contributed by atoms with van der Waals surface area (Å²) in [4.78, 5) is 4.61. The molecule has 0 heterocycles. The van der Waals surface area contributed by atoms with Crippen LogP contribution in [-0.4, -0.2) is 6.21 Å². The lowest BCUT2D eigenvalue weighted by Crippen LogP contribution is -1.98. The Hall–Kier alpha value is -2.43. The maximum Gasteiger partial charge on any atom is 0.148 e. The number of rotatable bonds is 5. The Morgan fingerprint density at radius 1 is 0.833 bits per heavy atom. The first-order valence-corrected chi connectivity index (χ1v) is 11.3. The molecule has 0 aromatic heterocycles. The maximum absolute atomic E-state index is 6.17. The van der Waals surface area contributed by atoms with Crippen molar-refractivity contribution < 1.29 is 4.74 Å². The molecule has 0 spiro atoms. The van der Waals surface area contributed by atoms with Gasteiger partial charge < -0.3 is 4.74 Å². The summed E-state index contributed by atoms with van der Waals surface area (Å²) in [6.07, 6.45) is 1.87. The number of aliphatic imine (C=N–C) groups is 1. The van der Waals surface area contributed by atoms with E-state index < -0.39 is 0 Å². The van der Waals surface area contributed by atoms with E-state index in [4.69, 9.17) is 4.74 Å². The molecule has 150 valence electrons. The predicted octanol–water partition coefficient (Wildman–Crippen LogP) is 8.31. The van der Waals surface area contributed by atoms with Gasteiger partial charge in [0.15, 0.2) is 0 Å². The maximum atomic E-state index is 6.17. The summed E-state index contributed by atoms with van der Waals surface area (Å²) in [6.45, 7) is 4.70. The first-order chi connectivity index (χ1) is 14.5. The van der Waals surface area contributed by atoms with Gasteiger partial charge in [-0.05, 0) is 103 Å². The molecule has 0 aliphatic carbocycles. The van der Waals surface area contributed by atoms with Crippen molar-refractivity contribution in [3.8, 4) is 5.75 Å². The van der Waals surface area contributed by atoms with E-state index in [1.807, 2.05) is 24.4 Å². The monoisotopic (exact) mass is 521 g/mol. The Labute approximate surface area is 193 Å². The fraction of sp³-hybridized carbons (Fsp3) is 0.115. The largest absolute Gasteiger partial charge is 0.487 e. The van der Waals surface area contributed by atoms with Gasteiger partial charge in [0.05, 0.1) is 14.6 Å². The van der Waals surface area contributed by atoms with Crippen molar-refractivity contribution in [1.82, 2.24) is 0 Å². The van der Waals surface area contributed by atoms with E-state index in [-0.39, 0.29) is 0 Å². The molecule has 4 rings (SSSR count). The van der Waals surface area contributed by atoms with E-state index in [1.54, 1.807) is 0 Å². The van der Waals surface area contributed by atoms with Crippen LogP contribution in [0.1, 0.15) is 22.3 Å². The van der Waals surface area contributed by atoms with E-state index >= 15 is 0 Å². The van der Waals surface area contributed by atoms with Crippen LogP contribution in [0.15, 0.2) is 86.7 Å². The molecule has 0 saturated heterocycles. The van der Waals surface area contributed by atoms with Crippen molar-refractivity contribution in [3.05, 3.63) is 104 Å². The number of nitrogens with zero attached hydrogens (tertiary/aromatic N) is 1. The van der Waals surface area contributed by atoms with Gasteiger partial charge in [0, 0.05) is 6.21 Å². The Balaban J connectivity index is 1.54. The average Bonchev–Trinajstić information content (AvgIpc) is 2.74. The molecule has 0 fully saturated rings. The molecule has 0 radical (unpaired) electrons. The summed E-state index contributed by atoms with van der Waals surface area (Å²) >= 11 is 7.30. The van der Waals surface area contributed by atoms with E-state index in [0.29, 0.717) is 6.61 Å². The third kappa shape index (κ3) is 4.66. The number of hydrogen-bond acceptors (Lipinski definition) is 2. The minimum absolute atomic E-state index is 0.495. The Morgan fingerprint density at radius 3 is 2.33 bits per heavy atom. The van der Waals surface area contributed by atoms with Crippen molar-refractivity contribution >= 4 is 54.5 Å². The van der Waals surface area contributed by atoms with Crippen molar-refractivity contribution in [2.75, 3.05) is 0 Å². The predicted molar refractivity (Wildman–Crippen MR) is 133 cm³/mol. The average molecular weight is 523 g/mol. The molecule has 0 saturated carbocycles. The van der Waals surface area contributed by atoms with E-state index in [0.717, 1.165) is 31.5 Å². The van der Waals surface area contributed by atoms with Crippen LogP contribution < -0.4 is 4.74 Å². The van der Waals surface area contributed by atoms with Crippen LogP contribution in [0.2, 0.25) is 0 Å². The number of benzene rings is 4. The third-order valence-corrected chi connectivity index (χ3v) is 6.30. The quantitative estimate of drug-likeness (QED) is 0.241. The molecule has 30 heavy (non-hydrogen) atoms. The highest BCUT2D eigenvalue weighted by molar-refractivity contribution is 9.11. The van der Waals surface area contributed by atoms with E-state index in [1.165, 1.54) is 21.9 Å². The number of halogens is 2. The molecular formula is C26H21Br2NO. The molecule has 4 aromatic rings. The van der Waals surface area contributed by atoms with Crippen LogP contribution in [0.5, 0.6) is 5.75 Å². The van der Waals surface area contributed by atoms with Crippen LogP contribution in [0.3, 0.4) is 0 Å². The Morgan fingerprint density at radius 2 is 1.57 bits per heavy atom. The lowest BCUT2D eigenvalue weighted by atomic mass is 10.1. The molecule has 0 aliphatic heterocycles. The van der Waals surface area contributed by atoms with Gasteiger partial charge in [-0.1, -0.05) is 48.5 Å². The van der Waals surface area contributed by atoms with Crippen LogP contribution in [0.4, 0.5) is 5.69 Å².